The Hall–Kier alpha value is -1.85. The minimum atomic E-state index is -0.265. The first-order valence-corrected chi connectivity index (χ1v) is 9.65. The number of amides is 2. The van der Waals surface area contributed by atoms with E-state index in [0.29, 0.717) is 12.5 Å². The Morgan fingerprint density at radius 3 is 2.59 bits per heavy atom. The fourth-order valence-corrected chi connectivity index (χ4v) is 4.26. The number of hydrogen-bond acceptors (Lipinski definition) is 3. The van der Waals surface area contributed by atoms with Gasteiger partial charge in [-0.15, -0.1) is 12.4 Å². The van der Waals surface area contributed by atoms with E-state index in [0.717, 1.165) is 24.0 Å². The number of fused-ring (bicyclic) bond motifs is 1. The van der Waals surface area contributed by atoms with Gasteiger partial charge >= 0.3 is 0 Å². The molecule has 2 atom stereocenters. The molecule has 2 unspecified atom stereocenters. The van der Waals surface area contributed by atoms with Gasteiger partial charge in [-0.2, -0.15) is 0 Å². The van der Waals surface area contributed by atoms with E-state index in [9.17, 15) is 9.59 Å². The molecular formula is C21H30ClN3O2. The van der Waals surface area contributed by atoms with Crippen molar-refractivity contribution < 1.29 is 9.59 Å². The largest absolute Gasteiger partial charge is 0.352 e. The summed E-state index contributed by atoms with van der Waals surface area (Å²) in [6.45, 7) is 2.00. The topological polar surface area (TPSA) is 75.4 Å². The van der Waals surface area contributed by atoms with Crippen LogP contribution < -0.4 is 11.1 Å². The lowest BCUT2D eigenvalue weighted by Gasteiger charge is -2.34. The summed E-state index contributed by atoms with van der Waals surface area (Å²) >= 11 is 0. The third-order valence-electron chi connectivity index (χ3n) is 5.67. The van der Waals surface area contributed by atoms with Crippen molar-refractivity contribution in [2.45, 2.75) is 57.5 Å². The molecule has 0 radical (unpaired) electrons. The third kappa shape index (κ3) is 5.11. The van der Waals surface area contributed by atoms with Crippen LogP contribution in [0.2, 0.25) is 0 Å². The maximum Gasteiger partial charge on any atom is 0.223 e. The van der Waals surface area contributed by atoms with E-state index in [1.807, 2.05) is 30.3 Å². The molecule has 148 valence electrons. The molecular weight excluding hydrogens is 362 g/mol. The highest BCUT2D eigenvalue weighted by atomic mass is 35.5. The van der Waals surface area contributed by atoms with E-state index in [4.69, 9.17) is 5.73 Å². The van der Waals surface area contributed by atoms with Crippen LogP contribution in [0.25, 0.3) is 6.08 Å². The number of rotatable bonds is 5. The standard InChI is InChI=1S/C21H29N3O2.ClH/c1-15(25)24-12-11-16-7-5-6-10-18(16)20(24)13-21(26)23-19(14-22)17-8-3-2-4-9-17;/h5-7,10-12,17,19-20H,2-4,8-9,13-14,22H2,1H3,(H,23,26);1H. The molecule has 3 N–H and O–H groups in total. The molecule has 1 aliphatic heterocycles. The minimum absolute atomic E-state index is 0. The van der Waals surface area contributed by atoms with Crippen molar-refractivity contribution in [3.63, 3.8) is 0 Å². The van der Waals surface area contributed by atoms with Crippen LogP contribution in [0.1, 0.15) is 62.6 Å². The zero-order valence-corrected chi connectivity index (χ0v) is 16.7. The highest BCUT2D eigenvalue weighted by Gasteiger charge is 2.30. The lowest BCUT2D eigenvalue weighted by Crippen LogP contribution is -2.47. The Morgan fingerprint density at radius 2 is 1.93 bits per heavy atom. The third-order valence-corrected chi connectivity index (χ3v) is 5.67. The van der Waals surface area contributed by atoms with Gasteiger partial charge in [0.25, 0.3) is 0 Å². The summed E-state index contributed by atoms with van der Waals surface area (Å²) in [6, 6.07) is 7.69. The fraction of sp³-hybridized carbons (Fsp3) is 0.524. The lowest BCUT2D eigenvalue weighted by atomic mass is 9.83. The smallest absolute Gasteiger partial charge is 0.223 e. The molecule has 2 amide bonds. The molecule has 1 heterocycles. The van der Waals surface area contributed by atoms with E-state index < -0.39 is 0 Å². The van der Waals surface area contributed by atoms with Gasteiger partial charge in [0.15, 0.2) is 0 Å². The number of nitrogens with zero attached hydrogens (tertiary/aromatic N) is 1. The van der Waals surface area contributed by atoms with Gasteiger partial charge in [0.2, 0.25) is 11.8 Å². The van der Waals surface area contributed by atoms with Gasteiger partial charge in [0.05, 0.1) is 12.5 Å². The summed E-state index contributed by atoms with van der Waals surface area (Å²) in [5, 5.41) is 3.15. The number of carbonyl (C=O) groups is 2. The van der Waals surface area contributed by atoms with Gasteiger partial charge < -0.3 is 16.0 Å². The first-order valence-electron chi connectivity index (χ1n) is 9.65. The number of carbonyl (C=O) groups excluding carboxylic acids is 2. The molecule has 1 fully saturated rings. The molecule has 0 saturated heterocycles. The summed E-state index contributed by atoms with van der Waals surface area (Å²) in [5.41, 5.74) is 8.02. The van der Waals surface area contributed by atoms with Crippen LogP contribution in [-0.4, -0.2) is 29.3 Å². The zero-order chi connectivity index (χ0) is 18.5. The Kier molecular flexibility index (Phi) is 7.87. The van der Waals surface area contributed by atoms with Gasteiger partial charge in [0, 0.05) is 25.7 Å². The average Bonchev–Trinajstić information content (AvgIpc) is 2.66. The normalized spacial score (nSPS) is 20.4. The van der Waals surface area contributed by atoms with Gasteiger partial charge in [-0.3, -0.25) is 9.59 Å². The van der Waals surface area contributed by atoms with Crippen LogP contribution in [0, 0.1) is 5.92 Å². The van der Waals surface area contributed by atoms with Crippen LogP contribution in [0.5, 0.6) is 0 Å². The van der Waals surface area contributed by atoms with Crippen molar-refractivity contribution >= 4 is 30.3 Å². The number of nitrogens with one attached hydrogen (secondary N) is 1. The Balaban J connectivity index is 0.00000261. The van der Waals surface area contributed by atoms with E-state index in [1.165, 1.54) is 26.2 Å². The van der Waals surface area contributed by atoms with Crippen LogP contribution in [0.3, 0.4) is 0 Å². The van der Waals surface area contributed by atoms with E-state index in [-0.39, 0.29) is 42.7 Å². The Bertz CT molecular complexity index is 686. The summed E-state index contributed by atoms with van der Waals surface area (Å²) in [6.07, 6.45) is 9.95. The van der Waals surface area contributed by atoms with Gasteiger partial charge in [-0.1, -0.05) is 43.5 Å². The van der Waals surface area contributed by atoms with E-state index in [2.05, 4.69) is 5.32 Å². The molecule has 2 aliphatic rings. The van der Waals surface area contributed by atoms with E-state index >= 15 is 0 Å². The van der Waals surface area contributed by atoms with Crippen molar-refractivity contribution in [3.05, 3.63) is 41.6 Å². The van der Waals surface area contributed by atoms with Crippen LogP contribution in [-0.2, 0) is 9.59 Å². The van der Waals surface area contributed by atoms with Crippen LogP contribution in [0.15, 0.2) is 30.5 Å². The summed E-state index contributed by atoms with van der Waals surface area (Å²) in [4.78, 5) is 26.5. The van der Waals surface area contributed by atoms with Crippen LogP contribution in [0.4, 0.5) is 0 Å². The molecule has 1 aliphatic carbocycles. The first kappa shape index (κ1) is 21.5. The molecule has 6 heteroatoms. The molecule has 1 aromatic carbocycles. The molecule has 1 aromatic rings. The average molecular weight is 392 g/mol. The van der Waals surface area contributed by atoms with Gasteiger partial charge in [0.1, 0.15) is 0 Å². The van der Waals surface area contributed by atoms with Gasteiger partial charge in [-0.05, 0) is 36.0 Å². The Labute approximate surface area is 167 Å². The summed E-state index contributed by atoms with van der Waals surface area (Å²) < 4.78 is 0. The highest BCUT2D eigenvalue weighted by Crippen LogP contribution is 2.33. The number of nitrogens with two attached hydrogens (primary N) is 1. The van der Waals surface area contributed by atoms with Crippen molar-refractivity contribution in [1.82, 2.24) is 10.2 Å². The second kappa shape index (κ2) is 9.90. The second-order valence-corrected chi connectivity index (χ2v) is 7.40. The molecule has 0 spiro atoms. The van der Waals surface area contributed by atoms with Crippen molar-refractivity contribution in [2.75, 3.05) is 6.54 Å². The molecule has 1 saturated carbocycles. The zero-order valence-electron chi connectivity index (χ0n) is 15.9. The van der Waals surface area contributed by atoms with E-state index in [1.54, 1.807) is 11.1 Å². The number of hydrogen-bond donors (Lipinski definition) is 2. The molecule has 0 aromatic heterocycles. The van der Waals surface area contributed by atoms with Crippen molar-refractivity contribution in [3.8, 4) is 0 Å². The molecule has 5 nitrogen and oxygen atoms in total. The number of halogens is 1. The van der Waals surface area contributed by atoms with Gasteiger partial charge in [-0.25, -0.2) is 0 Å². The predicted octanol–water partition coefficient (Wildman–Crippen LogP) is 3.40. The predicted molar refractivity (Wildman–Crippen MR) is 110 cm³/mol. The monoisotopic (exact) mass is 391 g/mol. The first-order chi connectivity index (χ1) is 12.6. The fourth-order valence-electron chi connectivity index (χ4n) is 4.26. The maximum absolute atomic E-state index is 12.8. The lowest BCUT2D eigenvalue weighted by molar-refractivity contribution is -0.130. The molecule has 27 heavy (non-hydrogen) atoms. The minimum Gasteiger partial charge on any atom is -0.352 e. The highest BCUT2D eigenvalue weighted by molar-refractivity contribution is 5.85. The SMILES string of the molecule is CC(=O)N1C=Cc2ccccc2C1CC(=O)NC(CN)C1CCCCC1.Cl. The summed E-state index contributed by atoms with van der Waals surface area (Å²) in [5.74, 6) is 0.378. The maximum atomic E-state index is 12.8. The summed E-state index contributed by atoms with van der Waals surface area (Å²) in [7, 11) is 0. The number of benzene rings is 1. The molecule has 0 bridgehead atoms. The second-order valence-electron chi connectivity index (χ2n) is 7.40. The van der Waals surface area contributed by atoms with Crippen molar-refractivity contribution in [1.29, 1.82) is 0 Å². The van der Waals surface area contributed by atoms with Crippen LogP contribution >= 0.6 is 12.4 Å². The molecule has 3 rings (SSSR count). The Morgan fingerprint density at radius 1 is 1.22 bits per heavy atom. The van der Waals surface area contributed by atoms with Crippen molar-refractivity contribution in [2.24, 2.45) is 11.7 Å². The quantitative estimate of drug-likeness (QED) is 0.807.